The van der Waals surface area contributed by atoms with E-state index < -0.39 is 25.5 Å². The van der Waals surface area contributed by atoms with Gasteiger partial charge >= 0.3 is 0 Å². The number of hydrogen-bond donors (Lipinski definition) is 1. The molecule has 1 aliphatic rings. The number of thiazole rings is 1. The molecule has 0 unspecified atom stereocenters. The number of rotatable bonds is 14. The van der Waals surface area contributed by atoms with Crippen molar-refractivity contribution in [3.8, 4) is 0 Å². The van der Waals surface area contributed by atoms with E-state index in [4.69, 9.17) is 13.3 Å². The highest BCUT2D eigenvalue weighted by Crippen LogP contribution is 2.45. The van der Waals surface area contributed by atoms with Gasteiger partial charge < -0.3 is 14.3 Å². The Morgan fingerprint density at radius 3 is 2.70 bits per heavy atom. The Kier molecular flexibility index (Phi) is 10.3. The van der Waals surface area contributed by atoms with Gasteiger partial charge in [-0.2, -0.15) is 8.42 Å². The summed E-state index contributed by atoms with van der Waals surface area (Å²) in [5.41, 5.74) is 1.41. The molecule has 1 N–H and O–H groups in total. The molecule has 190 valence electrons. The van der Waals surface area contributed by atoms with Crippen LogP contribution in [-0.2, 0) is 23.5 Å². The topological polar surface area (TPSA) is 98.3 Å². The number of nitrogens with zero attached hydrogens (tertiary/aromatic N) is 1. The molecule has 2 rings (SSSR count). The minimum atomic E-state index is -3.56. The molecule has 1 aromatic heterocycles. The number of epoxide rings is 1. The van der Waals surface area contributed by atoms with Crippen LogP contribution in [0.3, 0.4) is 0 Å². The molecule has 0 radical (unpaired) electrons. The van der Waals surface area contributed by atoms with Crippen molar-refractivity contribution in [3.05, 3.63) is 21.7 Å². The molecule has 1 saturated heterocycles. The minimum Gasteiger partial charge on any atom is -0.417 e. The maximum absolute atomic E-state index is 11.6. The van der Waals surface area contributed by atoms with Gasteiger partial charge in [-0.25, -0.2) is 4.98 Å². The van der Waals surface area contributed by atoms with Gasteiger partial charge in [0.1, 0.15) is 5.60 Å². The largest absolute Gasteiger partial charge is 0.417 e. The first-order valence-electron chi connectivity index (χ1n) is 11.6. The maximum Gasteiger partial charge on any atom is 0.264 e. The van der Waals surface area contributed by atoms with Crippen LogP contribution in [0.15, 0.2) is 11.0 Å². The highest BCUT2D eigenvalue weighted by Gasteiger charge is 2.57. The van der Waals surface area contributed by atoms with Gasteiger partial charge in [-0.3, -0.25) is 4.18 Å². The molecule has 1 fully saturated rings. The number of aliphatic hydroxyl groups is 1. The van der Waals surface area contributed by atoms with Crippen molar-refractivity contribution in [2.75, 3.05) is 19.5 Å². The number of aromatic nitrogens is 1. The average Bonchev–Trinajstić information content (AvgIpc) is 3.22. The third-order valence-electron chi connectivity index (χ3n) is 5.70. The summed E-state index contributed by atoms with van der Waals surface area (Å²) in [7, 11) is -4.37. The van der Waals surface area contributed by atoms with Crippen LogP contribution >= 0.6 is 11.3 Å². The van der Waals surface area contributed by atoms with Crippen molar-refractivity contribution < 1.29 is 26.9 Å². The lowest BCUT2D eigenvalue weighted by atomic mass is 9.92. The second kappa shape index (κ2) is 11.9. The molecule has 1 aromatic rings. The Morgan fingerprint density at radius 2 is 2.15 bits per heavy atom. The molecule has 2 heterocycles. The van der Waals surface area contributed by atoms with Crippen LogP contribution in [0.1, 0.15) is 71.0 Å². The van der Waals surface area contributed by atoms with E-state index in [2.05, 4.69) is 38.8 Å². The number of hydrogen-bond acceptors (Lipinski definition) is 8. The first-order valence-corrected chi connectivity index (χ1v) is 15.6. The summed E-state index contributed by atoms with van der Waals surface area (Å²) in [6, 6.07) is 0. The molecule has 0 aromatic carbocycles. The van der Waals surface area contributed by atoms with Crippen LogP contribution in [0.2, 0.25) is 5.04 Å². The molecule has 7 nitrogen and oxygen atoms in total. The molecule has 4 atom stereocenters. The molecule has 0 saturated carbocycles. The third-order valence-corrected chi connectivity index (χ3v) is 8.47. The van der Waals surface area contributed by atoms with Gasteiger partial charge in [0, 0.05) is 18.4 Å². The van der Waals surface area contributed by atoms with E-state index in [9.17, 15) is 13.5 Å². The van der Waals surface area contributed by atoms with Crippen LogP contribution in [0.25, 0.3) is 6.08 Å². The summed E-state index contributed by atoms with van der Waals surface area (Å²) in [4.78, 5) is 4.55. The van der Waals surface area contributed by atoms with Gasteiger partial charge in [0.15, 0.2) is 9.76 Å². The van der Waals surface area contributed by atoms with Gasteiger partial charge in [-0.05, 0) is 49.3 Å². The predicted octanol–water partition coefficient (Wildman–Crippen LogP) is 3.84. The molecular weight excluding hydrogens is 478 g/mol. The monoisotopic (exact) mass is 519 g/mol. The molecular formula is C23H41NO6S2Si. The normalized spacial score (nSPS) is 23.9. The van der Waals surface area contributed by atoms with Crippen molar-refractivity contribution in [1.82, 2.24) is 4.98 Å². The van der Waals surface area contributed by atoms with Crippen LogP contribution in [0.4, 0.5) is 0 Å². The van der Waals surface area contributed by atoms with Crippen molar-refractivity contribution >= 4 is 37.3 Å². The third kappa shape index (κ3) is 10.3. The predicted molar refractivity (Wildman–Crippen MR) is 137 cm³/mol. The van der Waals surface area contributed by atoms with Crippen molar-refractivity contribution in [2.24, 2.45) is 5.92 Å². The lowest BCUT2D eigenvalue weighted by Crippen LogP contribution is -2.29. The van der Waals surface area contributed by atoms with E-state index in [1.165, 1.54) is 0 Å². The van der Waals surface area contributed by atoms with Gasteiger partial charge in [-0.15, -0.1) is 11.3 Å². The summed E-state index contributed by atoms with van der Waals surface area (Å²) in [5, 5.41) is 12.5. The Balaban J connectivity index is 2.14. The molecule has 33 heavy (non-hydrogen) atoms. The van der Waals surface area contributed by atoms with E-state index in [-0.39, 0.29) is 36.4 Å². The van der Waals surface area contributed by atoms with Crippen LogP contribution in [-0.4, -0.2) is 65.5 Å². The van der Waals surface area contributed by atoms with Gasteiger partial charge in [0.2, 0.25) is 0 Å². The zero-order chi connectivity index (χ0) is 24.9. The van der Waals surface area contributed by atoms with E-state index >= 15 is 0 Å². The average molecular weight is 520 g/mol. The lowest BCUT2D eigenvalue weighted by molar-refractivity contribution is 0.173. The Labute approximate surface area is 206 Å². The van der Waals surface area contributed by atoms with Crippen molar-refractivity contribution in [2.45, 2.75) is 90.1 Å². The smallest absolute Gasteiger partial charge is 0.264 e. The summed E-state index contributed by atoms with van der Waals surface area (Å²) in [6.45, 7) is 12.8. The zero-order valence-electron chi connectivity index (χ0n) is 21.1. The summed E-state index contributed by atoms with van der Waals surface area (Å²) < 4.78 is 41.1. The quantitative estimate of drug-likeness (QED) is 0.226. The van der Waals surface area contributed by atoms with Gasteiger partial charge in [0.05, 0.1) is 35.8 Å². The fourth-order valence-corrected chi connectivity index (χ4v) is 5.77. The van der Waals surface area contributed by atoms with Crippen molar-refractivity contribution in [3.63, 3.8) is 0 Å². The van der Waals surface area contributed by atoms with E-state index in [0.29, 0.717) is 12.8 Å². The first-order chi connectivity index (χ1) is 15.2. The SMILES string of the molecule is C/C(=C\c1csc(C)n1)[C@H](C[C@@H]1O[C@@]1(CCC[C@H](C)CO)COS(C)(=O)=O)O[SiH2]C(C)(C)C. The van der Waals surface area contributed by atoms with Crippen LogP contribution in [0.5, 0.6) is 0 Å². The lowest BCUT2D eigenvalue weighted by Gasteiger charge is -2.25. The number of aryl methyl sites for hydroxylation is 1. The zero-order valence-corrected chi connectivity index (χ0v) is 24.1. The Morgan fingerprint density at radius 1 is 1.45 bits per heavy atom. The van der Waals surface area contributed by atoms with E-state index in [0.717, 1.165) is 35.4 Å². The Bertz CT molecular complexity index is 895. The van der Waals surface area contributed by atoms with E-state index in [1.54, 1.807) is 11.3 Å². The highest BCUT2D eigenvalue weighted by atomic mass is 32.2. The molecule has 10 heteroatoms. The van der Waals surface area contributed by atoms with Gasteiger partial charge in [0.25, 0.3) is 10.1 Å². The van der Waals surface area contributed by atoms with E-state index in [1.807, 2.05) is 19.2 Å². The molecule has 0 amide bonds. The number of aliphatic hydroxyl groups excluding tert-OH is 1. The second-order valence-electron chi connectivity index (χ2n) is 10.6. The molecule has 0 aliphatic carbocycles. The highest BCUT2D eigenvalue weighted by molar-refractivity contribution is 7.85. The molecule has 1 aliphatic heterocycles. The second-order valence-corrected chi connectivity index (χ2v) is 16.0. The van der Waals surface area contributed by atoms with Crippen LogP contribution < -0.4 is 0 Å². The molecule has 0 bridgehead atoms. The minimum absolute atomic E-state index is 0.0153. The maximum atomic E-state index is 11.6. The standard InChI is InChI=1S/C23H41NO6S2Si/c1-16(13-25)9-8-10-23(15-28-32(7,26)27)21(29-23)12-20(30-33-22(4,5)6)17(2)11-19-14-31-18(3)24-19/h11,14,16,20-21,25H,8-10,12-13,15,33H2,1-7H3/b17-11+/t16-,20-,21-,23-/m0/s1. The Hall–Kier alpha value is -0.623. The number of ether oxygens (including phenoxy) is 1. The summed E-state index contributed by atoms with van der Waals surface area (Å²) in [5.74, 6) is 0.204. The molecule has 0 spiro atoms. The fraction of sp³-hybridized carbons (Fsp3) is 0.783. The first kappa shape index (κ1) is 28.6. The summed E-state index contributed by atoms with van der Waals surface area (Å²) >= 11 is 1.62. The fourth-order valence-electron chi connectivity index (χ4n) is 3.68. The van der Waals surface area contributed by atoms with Crippen molar-refractivity contribution in [1.29, 1.82) is 0 Å². The summed E-state index contributed by atoms with van der Waals surface area (Å²) in [6.07, 6.45) is 5.92. The van der Waals surface area contributed by atoms with Gasteiger partial charge in [-0.1, -0.05) is 34.1 Å². The van der Waals surface area contributed by atoms with Crippen LogP contribution in [0, 0.1) is 12.8 Å².